The Bertz CT molecular complexity index is 115. The smallest absolute Gasteiger partial charge is 0.0215 e. The standard InChI is InChI=1S/C7H9Br.Ti/c1-6(8)7-4-2-3-5-7;/h2-7H,1H3;. The molecule has 1 aliphatic rings. The van der Waals surface area contributed by atoms with Crippen LogP contribution in [0.15, 0.2) is 24.3 Å². The largest absolute Gasteiger partial charge is 0.0884 e. The molecule has 0 bridgehead atoms. The first kappa shape index (κ1) is 9.67. The van der Waals surface area contributed by atoms with Crippen molar-refractivity contribution < 1.29 is 21.7 Å². The molecule has 9 heavy (non-hydrogen) atoms. The maximum atomic E-state index is 3.50. The molecule has 2 heteroatoms. The molecule has 0 aromatic rings. The van der Waals surface area contributed by atoms with Gasteiger partial charge in [0.05, 0.1) is 0 Å². The molecule has 0 heterocycles. The third kappa shape index (κ3) is 2.84. The summed E-state index contributed by atoms with van der Waals surface area (Å²) in [5, 5.41) is 0. The summed E-state index contributed by atoms with van der Waals surface area (Å²) in [6.45, 7) is 2.16. The Morgan fingerprint density at radius 1 is 1.33 bits per heavy atom. The molecule has 0 aromatic carbocycles. The van der Waals surface area contributed by atoms with E-state index in [9.17, 15) is 0 Å². The molecule has 0 aliphatic heterocycles. The van der Waals surface area contributed by atoms with Crippen molar-refractivity contribution in [2.24, 2.45) is 5.92 Å². The minimum atomic E-state index is 0. The van der Waals surface area contributed by atoms with Gasteiger partial charge < -0.3 is 0 Å². The quantitative estimate of drug-likeness (QED) is 0.471. The van der Waals surface area contributed by atoms with E-state index in [1.807, 2.05) is 0 Å². The average molecular weight is 221 g/mol. The van der Waals surface area contributed by atoms with Crippen molar-refractivity contribution in [3.05, 3.63) is 24.3 Å². The van der Waals surface area contributed by atoms with Crippen LogP contribution >= 0.6 is 15.9 Å². The normalized spacial score (nSPS) is 19.8. The third-order valence-corrected chi connectivity index (χ3v) is 1.92. The Morgan fingerprint density at radius 2 is 1.78 bits per heavy atom. The number of hydrogen-bond donors (Lipinski definition) is 0. The molecule has 48 valence electrons. The van der Waals surface area contributed by atoms with Gasteiger partial charge in [0.1, 0.15) is 0 Å². The summed E-state index contributed by atoms with van der Waals surface area (Å²) in [7, 11) is 0. The van der Waals surface area contributed by atoms with Gasteiger partial charge in [0.25, 0.3) is 0 Å². The fourth-order valence-electron chi connectivity index (χ4n) is 0.755. The Morgan fingerprint density at radius 3 is 2.00 bits per heavy atom. The van der Waals surface area contributed by atoms with E-state index in [-0.39, 0.29) is 21.7 Å². The van der Waals surface area contributed by atoms with Crippen molar-refractivity contribution in [3.8, 4) is 0 Å². The first-order valence-electron chi connectivity index (χ1n) is 2.80. The number of allylic oxidation sites excluding steroid dienone is 4. The number of hydrogen-bond acceptors (Lipinski definition) is 0. The van der Waals surface area contributed by atoms with Crippen LogP contribution in [0.2, 0.25) is 0 Å². The molecular weight excluding hydrogens is 212 g/mol. The van der Waals surface area contributed by atoms with Gasteiger partial charge in [-0.3, -0.25) is 0 Å². The summed E-state index contributed by atoms with van der Waals surface area (Å²) in [4.78, 5) is 0.581. The van der Waals surface area contributed by atoms with Gasteiger partial charge in [-0.05, 0) is 0 Å². The molecular formula is C7H9BrTi. The minimum Gasteiger partial charge on any atom is -0.0884 e. The molecule has 0 nitrogen and oxygen atoms in total. The zero-order valence-corrected chi connectivity index (χ0v) is 8.49. The van der Waals surface area contributed by atoms with Gasteiger partial charge >= 0.3 is 0 Å². The van der Waals surface area contributed by atoms with Crippen molar-refractivity contribution in [2.45, 2.75) is 11.8 Å². The zero-order chi connectivity index (χ0) is 5.98. The van der Waals surface area contributed by atoms with Crippen LogP contribution in [0.1, 0.15) is 6.92 Å². The summed E-state index contributed by atoms with van der Waals surface area (Å²) in [6.07, 6.45) is 8.56. The van der Waals surface area contributed by atoms with Crippen LogP contribution in [0.4, 0.5) is 0 Å². The van der Waals surface area contributed by atoms with Gasteiger partial charge in [-0.2, -0.15) is 0 Å². The predicted octanol–water partition coefficient (Wildman–Crippen LogP) is 2.51. The zero-order valence-electron chi connectivity index (χ0n) is 5.34. The van der Waals surface area contributed by atoms with Crippen LogP contribution in [0, 0.1) is 5.92 Å². The summed E-state index contributed by atoms with van der Waals surface area (Å²) in [5.74, 6) is 0.620. The van der Waals surface area contributed by atoms with E-state index in [0.717, 1.165) is 0 Å². The molecule has 0 amide bonds. The fraction of sp³-hybridized carbons (Fsp3) is 0.429. The van der Waals surface area contributed by atoms with E-state index in [0.29, 0.717) is 10.7 Å². The molecule has 0 spiro atoms. The molecule has 1 atom stereocenters. The van der Waals surface area contributed by atoms with Gasteiger partial charge in [-0.1, -0.05) is 47.2 Å². The summed E-state index contributed by atoms with van der Waals surface area (Å²) in [5.41, 5.74) is 0. The van der Waals surface area contributed by atoms with Crippen LogP contribution in [-0.2, 0) is 21.7 Å². The predicted molar refractivity (Wildman–Crippen MR) is 40.2 cm³/mol. The van der Waals surface area contributed by atoms with Crippen LogP contribution in [0.25, 0.3) is 0 Å². The maximum Gasteiger partial charge on any atom is 0.0215 e. The van der Waals surface area contributed by atoms with Crippen molar-refractivity contribution in [3.63, 3.8) is 0 Å². The van der Waals surface area contributed by atoms with Crippen LogP contribution < -0.4 is 0 Å². The van der Waals surface area contributed by atoms with E-state index in [4.69, 9.17) is 0 Å². The first-order valence-corrected chi connectivity index (χ1v) is 3.71. The van der Waals surface area contributed by atoms with E-state index in [1.54, 1.807) is 0 Å². The summed E-state index contributed by atoms with van der Waals surface area (Å²) < 4.78 is 0. The average Bonchev–Trinajstić information content (AvgIpc) is 2.12. The van der Waals surface area contributed by atoms with Crippen LogP contribution in [-0.4, -0.2) is 4.83 Å². The van der Waals surface area contributed by atoms with Crippen molar-refractivity contribution in [2.75, 3.05) is 0 Å². The maximum absolute atomic E-state index is 3.50. The molecule has 0 radical (unpaired) electrons. The van der Waals surface area contributed by atoms with Crippen molar-refractivity contribution in [1.29, 1.82) is 0 Å². The number of rotatable bonds is 1. The third-order valence-electron chi connectivity index (χ3n) is 1.31. The second kappa shape index (κ2) is 4.48. The van der Waals surface area contributed by atoms with Crippen LogP contribution in [0.5, 0.6) is 0 Å². The minimum absolute atomic E-state index is 0. The molecule has 1 aliphatic carbocycles. The molecule has 0 saturated heterocycles. The molecule has 0 fully saturated rings. The van der Waals surface area contributed by atoms with Gasteiger partial charge in [-0.25, -0.2) is 0 Å². The first-order chi connectivity index (χ1) is 3.80. The van der Waals surface area contributed by atoms with E-state index in [1.165, 1.54) is 0 Å². The monoisotopic (exact) mass is 220 g/mol. The molecule has 1 unspecified atom stereocenters. The molecule has 1 rings (SSSR count). The molecule has 0 aromatic heterocycles. The summed E-state index contributed by atoms with van der Waals surface area (Å²) >= 11 is 3.50. The van der Waals surface area contributed by atoms with E-state index >= 15 is 0 Å². The summed E-state index contributed by atoms with van der Waals surface area (Å²) in [6, 6.07) is 0. The molecule has 0 N–H and O–H groups in total. The van der Waals surface area contributed by atoms with Gasteiger partial charge in [0, 0.05) is 32.5 Å². The second-order valence-corrected chi connectivity index (χ2v) is 3.47. The SMILES string of the molecule is CC(Br)C1C=CC=C1.[Ti]. The Labute approximate surface area is 79.4 Å². The van der Waals surface area contributed by atoms with E-state index < -0.39 is 0 Å². The molecule has 0 saturated carbocycles. The van der Waals surface area contributed by atoms with Crippen LogP contribution in [0.3, 0.4) is 0 Å². The van der Waals surface area contributed by atoms with Gasteiger partial charge in [-0.15, -0.1) is 0 Å². The number of alkyl halides is 1. The Hall–Kier alpha value is 0.674. The van der Waals surface area contributed by atoms with Gasteiger partial charge in [0.2, 0.25) is 0 Å². The van der Waals surface area contributed by atoms with Crippen molar-refractivity contribution in [1.82, 2.24) is 0 Å². The Balaban J connectivity index is 0.000000640. The second-order valence-electron chi connectivity index (χ2n) is 2.02. The van der Waals surface area contributed by atoms with Gasteiger partial charge in [0.15, 0.2) is 0 Å². The number of halogens is 1. The van der Waals surface area contributed by atoms with Crippen molar-refractivity contribution >= 4 is 15.9 Å². The fourth-order valence-corrected chi connectivity index (χ4v) is 1.11. The topological polar surface area (TPSA) is 0 Å². The Kier molecular flexibility index (Phi) is 4.82. The van der Waals surface area contributed by atoms with E-state index in [2.05, 4.69) is 47.2 Å².